The average Bonchev–Trinajstić information content (AvgIpc) is 3.00. The molecular formula is C33H40ClN3O10S. The van der Waals surface area contributed by atoms with Gasteiger partial charge in [0.05, 0.1) is 12.5 Å². The van der Waals surface area contributed by atoms with Gasteiger partial charge in [0, 0.05) is 25.0 Å². The van der Waals surface area contributed by atoms with Crippen molar-refractivity contribution in [2.45, 2.75) is 64.8 Å². The molecule has 0 fully saturated rings. The second kappa shape index (κ2) is 18.7. The lowest BCUT2D eigenvalue weighted by atomic mass is 9.86. The fourth-order valence-electron chi connectivity index (χ4n) is 4.52. The Morgan fingerprint density at radius 1 is 0.854 bits per heavy atom. The van der Waals surface area contributed by atoms with Crippen LogP contribution in [0.25, 0.3) is 0 Å². The van der Waals surface area contributed by atoms with Gasteiger partial charge in [-0.15, -0.1) is 0 Å². The molecule has 4 unspecified atom stereocenters. The number of ketones is 2. The molecule has 260 valence electrons. The quantitative estimate of drug-likeness (QED) is 0.178. The number of carboxylic acid groups (broad SMARTS) is 1. The van der Waals surface area contributed by atoms with E-state index in [-0.39, 0.29) is 6.61 Å². The SMILES string of the molecule is CC(=O)CC(NC(=O)OCc1ccccc1)C(=O)NC(C(=O)CC(C(=O)NC(C=C(Cl)S(C)(=O)=O)CC(=O)O)C(C)C)c1ccccc1. The van der Waals surface area contributed by atoms with Gasteiger partial charge in [-0.05, 0) is 30.0 Å². The van der Waals surface area contributed by atoms with Gasteiger partial charge in [-0.3, -0.25) is 24.0 Å². The molecule has 0 bridgehead atoms. The van der Waals surface area contributed by atoms with Crippen molar-refractivity contribution in [2.75, 3.05) is 6.26 Å². The third-order valence-electron chi connectivity index (χ3n) is 7.03. The van der Waals surface area contributed by atoms with Crippen LogP contribution < -0.4 is 16.0 Å². The number of sulfone groups is 1. The number of halogens is 1. The summed E-state index contributed by atoms with van der Waals surface area (Å²) in [6.45, 7) is 4.47. The highest BCUT2D eigenvalue weighted by molar-refractivity contribution is 7.96. The van der Waals surface area contributed by atoms with Crippen LogP contribution in [0.1, 0.15) is 57.2 Å². The zero-order valence-electron chi connectivity index (χ0n) is 27.0. The summed E-state index contributed by atoms with van der Waals surface area (Å²) >= 11 is 5.82. The van der Waals surface area contributed by atoms with Gasteiger partial charge in [0.2, 0.25) is 11.8 Å². The summed E-state index contributed by atoms with van der Waals surface area (Å²) in [5, 5.41) is 16.7. The zero-order valence-corrected chi connectivity index (χ0v) is 28.5. The Kier molecular flexibility index (Phi) is 15.4. The van der Waals surface area contributed by atoms with Crippen molar-refractivity contribution in [2.24, 2.45) is 11.8 Å². The van der Waals surface area contributed by atoms with Crippen molar-refractivity contribution in [3.63, 3.8) is 0 Å². The summed E-state index contributed by atoms with van der Waals surface area (Å²) in [5.74, 6) is -5.45. The van der Waals surface area contributed by atoms with Crippen molar-refractivity contribution in [3.05, 3.63) is 82.2 Å². The molecule has 0 aliphatic heterocycles. The maximum atomic E-state index is 13.8. The highest BCUT2D eigenvalue weighted by Gasteiger charge is 2.33. The van der Waals surface area contributed by atoms with Crippen LogP contribution in [0.3, 0.4) is 0 Å². The van der Waals surface area contributed by atoms with E-state index in [2.05, 4.69) is 16.0 Å². The molecule has 3 amide bonds. The van der Waals surface area contributed by atoms with Crippen molar-refractivity contribution in [3.8, 4) is 0 Å². The van der Waals surface area contributed by atoms with E-state index in [4.69, 9.17) is 16.3 Å². The number of hydrogen-bond acceptors (Lipinski definition) is 9. The number of alkyl carbamates (subject to hydrolysis) is 1. The largest absolute Gasteiger partial charge is 0.481 e. The third kappa shape index (κ3) is 13.7. The Balaban J connectivity index is 2.29. The Hall–Kier alpha value is -4.56. The molecule has 0 spiro atoms. The van der Waals surface area contributed by atoms with Gasteiger partial charge in [0.1, 0.15) is 28.8 Å². The lowest BCUT2D eigenvalue weighted by Crippen LogP contribution is -2.50. The molecule has 4 atom stereocenters. The summed E-state index contributed by atoms with van der Waals surface area (Å²) in [6, 6.07) is 12.9. The number of ether oxygens (including phenoxy) is 1. The molecule has 2 aromatic rings. The van der Waals surface area contributed by atoms with E-state index < -0.39 is 98.9 Å². The molecule has 48 heavy (non-hydrogen) atoms. The van der Waals surface area contributed by atoms with Gasteiger partial charge in [0.15, 0.2) is 15.6 Å². The van der Waals surface area contributed by atoms with Crippen LogP contribution in [-0.2, 0) is 45.2 Å². The van der Waals surface area contributed by atoms with E-state index in [1.165, 1.54) is 6.92 Å². The van der Waals surface area contributed by atoms with Crippen molar-refractivity contribution >= 4 is 56.9 Å². The maximum Gasteiger partial charge on any atom is 0.408 e. The predicted octanol–water partition coefficient (Wildman–Crippen LogP) is 3.43. The lowest BCUT2D eigenvalue weighted by molar-refractivity contribution is -0.138. The highest BCUT2D eigenvalue weighted by atomic mass is 35.5. The van der Waals surface area contributed by atoms with Gasteiger partial charge in [0.25, 0.3) is 0 Å². The minimum atomic E-state index is -3.88. The fraction of sp³-hybridized carbons (Fsp3) is 0.394. The average molecular weight is 706 g/mol. The zero-order chi connectivity index (χ0) is 36.0. The summed E-state index contributed by atoms with van der Waals surface area (Å²) in [4.78, 5) is 76.7. The van der Waals surface area contributed by atoms with Crippen LogP contribution >= 0.6 is 11.6 Å². The fourth-order valence-corrected chi connectivity index (χ4v) is 5.08. The minimum Gasteiger partial charge on any atom is -0.481 e. The van der Waals surface area contributed by atoms with E-state index in [9.17, 15) is 42.3 Å². The Morgan fingerprint density at radius 2 is 1.44 bits per heavy atom. The second-order valence-corrected chi connectivity index (χ2v) is 14.1. The first-order valence-corrected chi connectivity index (χ1v) is 17.2. The Bertz CT molecular complexity index is 1600. The first-order valence-electron chi connectivity index (χ1n) is 14.9. The molecule has 0 radical (unpaired) electrons. The van der Waals surface area contributed by atoms with Crippen molar-refractivity contribution in [1.29, 1.82) is 0 Å². The van der Waals surface area contributed by atoms with Crippen molar-refractivity contribution < 1.29 is 47.0 Å². The van der Waals surface area contributed by atoms with Gasteiger partial charge in [-0.25, -0.2) is 13.2 Å². The number of amides is 3. The van der Waals surface area contributed by atoms with Gasteiger partial charge in [-0.2, -0.15) is 0 Å². The molecule has 0 heterocycles. The summed E-state index contributed by atoms with van der Waals surface area (Å²) in [7, 11) is -3.88. The number of nitrogens with one attached hydrogen (secondary N) is 3. The first kappa shape index (κ1) is 39.6. The lowest BCUT2D eigenvalue weighted by Gasteiger charge is -2.26. The van der Waals surface area contributed by atoms with Gasteiger partial charge in [-0.1, -0.05) is 86.1 Å². The summed E-state index contributed by atoms with van der Waals surface area (Å²) in [6.07, 6.45) is -0.729. The number of carbonyl (C=O) groups is 6. The second-order valence-electron chi connectivity index (χ2n) is 11.5. The summed E-state index contributed by atoms with van der Waals surface area (Å²) < 4.78 is 28.1. The van der Waals surface area contributed by atoms with E-state index in [1.807, 2.05) is 0 Å². The number of benzene rings is 2. The van der Waals surface area contributed by atoms with Crippen LogP contribution in [0.2, 0.25) is 0 Å². The smallest absolute Gasteiger partial charge is 0.408 e. The molecule has 0 saturated heterocycles. The molecule has 15 heteroatoms. The van der Waals surface area contributed by atoms with Crippen LogP contribution in [0.15, 0.2) is 71.1 Å². The number of carboxylic acids is 1. The molecule has 2 aromatic carbocycles. The minimum absolute atomic E-state index is 0.0888. The monoisotopic (exact) mass is 705 g/mol. The molecular weight excluding hydrogens is 666 g/mol. The normalized spacial score (nSPS) is 14.2. The Labute approximate surface area is 284 Å². The number of Topliss-reactive ketones (excluding diaryl/α,β-unsaturated/α-hetero) is 2. The van der Waals surface area contributed by atoms with Crippen LogP contribution in [0.5, 0.6) is 0 Å². The molecule has 13 nitrogen and oxygen atoms in total. The summed E-state index contributed by atoms with van der Waals surface area (Å²) in [5.41, 5.74) is 1.06. The number of rotatable bonds is 18. The van der Waals surface area contributed by atoms with Crippen LogP contribution in [-0.4, -0.2) is 67.3 Å². The number of aliphatic carboxylic acids is 1. The van der Waals surface area contributed by atoms with Crippen molar-refractivity contribution in [1.82, 2.24) is 16.0 Å². The number of carbonyl (C=O) groups excluding carboxylic acids is 5. The highest BCUT2D eigenvalue weighted by Crippen LogP contribution is 2.24. The van der Waals surface area contributed by atoms with Crippen LogP contribution in [0.4, 0.5) is 4.79 Å². The molecule has 0 aliphatic carbocycles. The molecule has 0 aromatic heterocycles. The molecule has 0 aliphatic rings. The van der Waals surface area contributed by atoms with Crippen LogP contribution in [0, 0.1) is 11.8 Å². The third-order valence-corrected chi connectivity index (χ3v) is 8.84. The van der Waals surface area contributed by atoms with E-state index in [0.29, 0.717) is 11.1 Å². The van der Waals surface area contributed by atoms with E-state index >= 15 is 0 Å². The Morgan fingerprint density at radius 3 is 1.96 bits per heavy atom. The topological polar surface area (TPSA) is 202 Å². The predicted molar refractivity (Wildman–Crippen MR) is 177 cm³/mol. The number of hydrogen-bond donors (Lipinski definition) is 4. The first-order chi connectivity index (χ1) is 22.5. The van der Waals surface area contributed by atoms with Gasteiger partial charge >= 0.3 is 12.1 Å². The maximum absolute atomic E-state index is 13.8. The molecule has 4 N–H and O–H groups in total. The van der Waals surface area contributed by atoms with E-state index in [1.54, 1.807) is 74.5 Å². The van der Waals surface area contributed by atoms with E-state index in [0.717, 1.165) is 12.3 Å². The van der Waals surface area contributed by atoms with Gasteiger partial charge < -0.3 is 25.8 Å². The standard InChI is InChI=1S/C33H40ClN3O10S/c1-20(2)25(31(42)35-24(17-29(40)41)16-28(34)48(4,45)46)18-27(39)30(23-13-9-6-10-14-23)37-32(43)26(15-21(3)38)36-33(44)47-19-22-11-7-5-8-12-22/h5-14,16,20,24-26,30H,15,17-19H2,1-4H3,(H,35,42)(H,36,44)(H,37,43)(H,40,41). The molecule has 0 saturated carbocycles. The molecule has 2 rings (SSSR count).